The van der Waals surface area contributed by atoms with Crippen molar-refractivity contribution in [3.05, 3.63) is 0 Å². The first-order valence-corrected chi connectivity index (χ1v) is 7.39. The van der Waals surface area contributed by atoms with Gasteiger partial charge in [-0.1, -0.05) is 34.6 Å². The molecule has 1 rings (SSSR count). The van der Waals surface area contributed by atoms with E-state index in [4.69, 9.17) is 0 Å². The molecule has 0 bridgehead atoms. The van der Waals surface area contributed by atoms with E-state index in [0.717, 1.165) is 19.3 Å². The topological polar surface area (TPSA) is 34.1 Å². The molecule has 1 aliphatic rings. The molecule has 2 heteroatoms. The van der Waals surface area contributed by atoms with Gasteiger partial charge < -0.3 is 4.79 Å². The van der Waals surface area contributed by atoms with Crippen LogP contribution in [-0.4, -0.2) is 11.6 Å². The highest BCUT2D eigenvalue weighted by Crippen LogP contribution is 2.41. The molecule has 3 atom stereocenters. The lowest BCUT2D eigenvalue weighted by molar-refractivity contribution is -0.131. The van der Waals surface area contributed by atoms with Crippen molar-refractivity contribution in [3.63, 3.8) is 0 Å². The molecule has 0 aromatic carbocycles. The van der Waals surface area contributed by atoms with Crippen molar-refractivity contribution in [3.8, 4) is 0 Å². The molecule has 0 N–H and O–H groups in total. The minimum atomic E-state index is -0.267. The minimum absolute atomic E-state index is 0.183. The molecule has 0 radical (unpaired) electrons. The van der Waals surface area contributed by atoms with E-state index in [-0.39, 0.29) is 17.1 Å². The van der Waals surface area contributed by atoms with Gasteiger partial charge in [0.25, 0.3) is 0 Å². The molecular formula is C16H30O2. The molecule has 1 aliphatic carbocycles. The van der Waals surface area contributed by atoms with Gasteiger partial charge in [-0.15, -0.1) is 0 Å². The van der Waals surface area contributed by atoms with Crippen molar-refractivity contribution < 1.29 is 9.59 Å². The maximum Gasteiger partial charge on any atom is 0.139 e. The van der Waals surface area contributed by atoms with Gasteiger partial charge in [0.2, 0.25) is 0 Å². The largest absolute Gasteiger partial charge is 0.300 e. The zero-order chi connectivity index (χ0) is 14.3. The van der Waals surface area contributed by atoms with Crippen molar-refractivity contribution >= 4 is 11.6 Å². The number of hydrogen-bond donors (Lipinski definition) is 0. The summed E-state index contributed by atoms with van der Waals surface area (Å²) in [5, 5.41) is 0. The van der Waals surface area contributed by atoms with Crippen LogP contribution in [0, 0.1) is 17.3 Å². The zero-order valence-electron chi connectivity index (χ0n) is 13.0. The fraction of sp³-hybridized carbons (Fsp3) is 0.875. The number of carbonyl (C=O) groups is 2. The highest BCUT2D eigenvalue weighted by Gasteiger charge is 2.40. The Labute approximate surface area is 113 Å². The first-order valence-electron chi connectivity index (χ1n) is 7.39. The molecule has 1 fully saturated rings. The molecule has 0 spiro atoms. The normalized spacial score (nSPS) is 29.9. The van der Waals surface area contributed by atoms with Crippen LogP contribution in [0.1, 0.15) is 73.6 Å². The molecule has 106 valence electrons. The van der Waals surface area contributed by atoms with Gasteiger partial charge in [0, 0.05) is 18.3 Å². The van der Waals surface area contributed by atoms with Crippen molar-refractivity contribution in [2.75, 3.05) is 0 Å². The van der Waals surface area contributed by atoms with E-state index in [1.807, 2.05) is 13.8 Å². The van der Waals surface area contributed by atoms with Crippen LogP contribution < -0.4 is 0 Å². The second-order valence-corrected chi connectivity index (χ2v) is 5.83. The van der Waals surface area contributed by atoms with Crippen LogP contribution >= 0.6 is 0 Å². The molecule has 0 aliphatic heterocycles. The maximum atomic E-state index is 12.2. The van der Waals surface area contributed by atoms with Gasteiger partial charge in [0.1, 0.15) is 11.6 Å². The monoisotopic (exact) mass is 254 g/mol. The Kier molecular flexibility index (Phi) is 7.42. The number of Topliss-reactive ketones (excluding diaryl/α,β-unsaturated/α-hetero) is 2. The molecular weight excluding hydrogens is 224 g/mol. The molecule has 1 unspecified atom stereocenters. The minimum Gasteiger partial charge on any atom is -0.300 e. The summed E-state index contributed by atoms with van der Waals surface area (Å²) in [4.78, 5) is 23.4. The Morgan fingerprint density at radius 1 is 1.39 bits per heavy atom. The van der Waals surface area contributed by atoms with Gasteiger partial charge >= 0.3 is 0 Å². The molecule has 0 heterocycles. The maximum absolute atomic E-state index is 12.2. The van der Waals surface area contributed by atoms with Gasteiger partial charge in [0.05, 0.1) is 0 Å². The summed E-state index contributed by atoms with van der Waals surface area (Å²) in [5.41, 5.74) is -0.267. The molecule has 2 nitrogen and oxygen atoms in total. The second-order valence-electron chi connectivity index (χ2n) is 5.83. The second kappa shape index (κ2) is 7.70. The number of ketones is 2. The average molecular weight is 254 g/mol. The van der Waals surface area contributed by atoms with Gasteiger partial charge in [-0.2, -0.15) is 0 Å². The predicted molar refractivity (Wildman–Crippen MR) is 76.6 cm³/mol. The Morgan fingerprint density at radius 3 is 2.44 bits per heavy atom. The van der Waals surface area contributed by atoms with E-state index < -0.39 is 0 Å². The summed E-state index contributed by atoms with van der Waals surface area (Å²) in [5.74, 6) is 1.39. The summed E-state index contributed by atoms with van der Waals surface area (Å²) < 4.78 is 0. The third-order valence-electron chi connectivity index (χ3n) is 4.34. The predicted octanol–water partition coefficient (Wildman–Crippen LogP) is 4.41. The summed E-state index contributed by atoms with van der Waals surface area (Å²) in [7, 11) is 0. The van der Waals surface area contributed by atoms with E-state index in [0.29, 0.717) is 24.5 Å². The molecule has 0 aromatic heterocycles. The van der Waals surface area contributed by atoms with Crippen molar-refractivity contribution in [2.45, 2.75) is 73.6 Å². The van der Waals surface area contributed by atoms with E-state index in [9.17, 15) is 9.59 Å². The number of carbonyl (C=O) groups excluding carboxylic acids is 2. The highest BCUT2D eigenvalue weighted by atomic mass is 16.1. The van der Waals surface area contributed by atoms with Crippen molar-refractivity contribution in [1.82, 2.24) is 0 Å². The third kappa shape index (κ3) is 4.55. The average Bonchev–Trinajstić information content (AvgIpc) is 2.45. The van der Waals surface area contributed by atoms with Crippen LogP contribution in [0.2, 0.25) is 0 Å². The van der Waals surface area contributed by atoms with E-state index in [1.165, 1.54) is 0 Å². The lowest BCUT2D eigenvalue weighted by atomic mass is 9.70. The number of hydrogen-bond acceptors (Lipinski definition) is 2. The quantitative estimate of drug-likeness (QED) is 0.699. The molecule has 0 aromatic rings. The summed E-state index contributed by atoms with van der Waals surface area (Å²) in [6, 6.07) is 0. The van der Waals surface area contributed by atoms with Crippen LogP contribution in [0.15, 0.2) is 0 Å². The molecule has 1 saturated carbocycles. The molecule has 18 heavy (non-hydrogen) atoms. The Morgan fingerprint density at radius 2 is 1.94 bits per heavy atom. The first kappa shape index (κ1) is 17.3. The lowest BCUT2D eigenvalue weighted by Crippen LogP contribution is -2.34. The summed E-state index contributed by atoms with van der Waals surface area (Å²) >= 11 is 0. The number of rotatable bonds is 3. The van der Waals surface area contributed by atoms with Gasteiger partial charge in [0.15, 0.2) is 0 Å². The van der Waals surface area contributed by atoms with Gasteiger partial charge in [-0.25, -0.2) is 0 Å². The van der Waals surface area contributed by atoms with Gasteiger partial charge in [-0.3, -0.25) is 4.79 Å². The smallest absolute Gasteiger partial charge is 0.139 e. The van der Waals surface area contributed by atoms with Crippen LogP contribution in [0.25, 0.3) is 0 Å². The zero-order valence-corrected chi connectivity index (χ0v) is 13.0. The first-order chi connectivity index (χ1) is 8.36. The van der Waals surface area contributed by atoms with Crippen LogP contribution in [0.5, 0.6) is 0 Å². The van der Waals surface area contributed by atoms with Gasteiger partial charge in [-0.05, 0) is 38.0 Å². The third-order valence-corrected chi connectivity index (χ3v) is 4.34. The highest BCUT2D eigenvalue weighted by molar-refractivity contribution is 5.86. The van der Waals surface area contributed by atoms with Crippen LogP contribution in [-0.2, 0) is 9.59 Å². The lowest BCUT2D eigenvalue weighted by Gasteiger charge is -2.33. The Balaban J connectivity index is 0.00000137. The van der Waals surface area contributed by atoms with E-state index >= 15 is 0 Å². The van der Waals surface area contributed by atoms with Crippen LogP contribution in [0.3, 0.4) is 0 Å². The SMILES string of the molecule is CC.CC(=O)C[C@@H](C)[C@]1(C)CCC(C)CCC1=O. The van der Waals surface area contributed by atoms with E-state index in [2.05, 4.69) is 20.8 Å². The fourth-order valence-electron chi connectivity index (χ4n) is 2.67. The fourth-order valence-corrected chi connectivity index (χ4v) is 2.67. The summed E-state index contributed by atoms with van der Waals surface area (Å²) in [6.07, 6.45) is 4.31. The molecule has 0 saturated heterocycles. The molecule has 0 amide bonds. The standard InChI is InChI=1S/C14H24O2.C2H6/c1-10-5-6-13(16)14(4,8-7-10)11(2)9-12(3)15;1-2/h10-11H,5-9H2,1-4H3;1-2H3/t10?,11-,14+;/m1./s1. The Bertz CT molecular complexity index is 283. The van der Waals surface area contributed by atoms with Crippen LogP contribution in [0.4, 0.5) is 0 Å². The van der Waals surface area contributed by atoms with Crippen molar-refractivity contribution in [2.24, 2.45) is 17.3 Å². The Hall–Kier alpha value is -0.660. The van der Waals surface area contributed by atoms with Crippen molar-refractivity contribution in [1.29, 1.82) is 0 Å². The summed E-state index contributed by atoms with van der Waals surface area (Å²) in [6.45, 7) is 11.9. The van der Waals surface area contributed by atoms with E-state index in [1.54, 1.807) is 6.92 Å².